The van der Waals surface area contributed by atoms with E-state index in [0.717, 1.165) is 31.3 Å². The van der Waals surface area contributed by atoms with Gasteiger partial charge in [0.1, 0.15) is 5.75 Å². The van der Waals surface area contributed by atoms with Crippen molar-refractivity contribution in [2.45, 2.75) is 0 Å². The van der Waals surface area contributed by atoms with Crippen molar-refractivity contribution in [1.29, 1.82) is 0 Å². The lowest BCUT2D eigenvalue weighted by Crippen LogP contribution is -1.96. The second kappa shape index (κ2) is 6.68. The van der Waals surface area contributed by atoms with Crippen LogP contribution in [0.15, 0.2) is 51.4 Å². The lowest BCUT2D eigenvalue weighted by atomic mass is 10.2. The molecule has 0 spiro atoms. The summed E-state index contributed by atoms with van der Waals surface area (Å²) < 4.78 is 6.96. The van der Waals surface area contributed by atoms with Crippen LogP contribution in [-0.2, 0) is 0 Å². The third-order valence-electron chi connectivity index (χ3n) is 3.28. The molecule has 0 amide bonds. The van der Waals surface area contributed by atoms with Crippen molar-refractivity contribution in [3.05, 3.63) is 62.8 Å². The number of H-pyrrole nitrogens is 1. The van der Waals surface area contributed by atoms with E-state index in [-0.39, 0.29) is 5.78 Å². The fourth-order valence-corrected chi connectivity index (χ4v) is 2.79. The van der Waals surface area contributed by atoms with Crippen LogP contribution in [-0.4, -0.2) is 22.9 Å². The molecule has 1 aromatic heterocycles. The Bertz CT molecular complexity index is 877. The van der Waals surface area contributed by atoms with E-state index in [1.807, 2.05) is 36.4 Å². The smallest absolute Gasteiger partial charge is 0.221 e. The fraction of sp³-hybridized carbons (Fsp3) is 0.0588. The minimum atomic E-state index is -0.184. The molecule has 116 valence electrons. The van der Waals surface area contributed by atoms with Gasteiger partial charge in [0.05, 0.1) is 18.1 Å². The Morgan fingerprint density at radius 1 is 1.22 bits per heavy atom. The molecular formula is C17H12Br2N2O2. The highest BCUT2D eigenvalue weighted by Gasteiger charge is 2.10. The van der Waals surface area contributed by atoms with Gasteiger partial charge < -0.3 is 9.72 Å². The van der Waals surface area contributed by atoms with Crippen molar-refractivity contribution in [2.24, 2.45) is 0 Å². The van der Waals surface area contributed by atoms with E-state index in [9.17, 15) is 4.79 Å². The molecule has 6 heteroatoms. The number of rotatable bonds is 4. The zero-order valence-electron chi connectivity index (χ0n) is 12.1. The maximum atomic E-state index is 12.3. The molecule has 3 aromatic rings. The van der Waals surface area contributed by atoms with Crippen LogP contribution in [0.3, 0.4) is 0 Å². The van der Waals surface area contributed by atoms with Crippen LogP contribution in [0.2, 0.25) is 0 Å². The van der Waals surface area contributed by atoms with Crippen molar-refractivity contribution in [3.63, 3.8) is 0 Å². The molecule has 0 saturated carbocycles. The van der Waals surface area contributed by atoms with E-state index in [0.29, 0.717) is 5.82 Å². The number of aromatic nitrogens is 2. The summed E-state index contributed by atoms with van der Waals surface area (Å²) in [5.74, 6) is 0.874. The highest BCUT2D eigenvalue weighted by molar-refractivity contribution is 9.13. The van der Waals surface area contributed by atoms with Gasteiger partial charge in [0.2, 0.25) is 5.78 Å². The van der Waals surface area contributed by atoms with Crippen LogP contribution in [0, 0.1) is 0 Å². The van der Waals surface area contributed by atoms with E-state index in [1.54, 1.807) is 13.2 Å². The average Bonchev–Trinajstić information content (AvgIpc) is 2.96. The second-order valence-corrected chi connectivity index (χ2v) is 6.55. The summed E-state index contributed by atoms with van der Waals surface area (Å²) in [7, 11) is 1.61. The number of fused-ring (bicyclic) bond motifs is 1. The standard InChI is InChI=1S/C17H12Br2N2O2/c1-23-11-4-2-3-10(7-11)5-6-16(22)17-20-14-8-12(18)13(19)9-15(14)21-17/h2-9H,1H3,(H,20,21)/b6-5+. The molecule has 0 saturated heterocycles. The first-order valence-corrected chi connectivity index (χ1v) is 8.36. The van der Waals surface area contributed by atoms with Crippen LogP contribution in [0.4, 0.5) is 0 Å². The van der Waals surface area contributed by atoms with Crippen molar-refractivity contribution >= 4 is 54.8 Å². The average molecular weight is 436 g/mol. The number of nitrogens with zero attached hydrogens (tertiary/aromatic N) is 1. The summed E-state index contributed by atoms with van der Waals surface area (Å²) in [6.45, 7) is 0. The van der Waals surface area contributed by atoms with Crippen LogP contribution in [0.5, 0.6) is 5.75 Å². The van der Waals surface area contributed by atoms with Gasteiger partial charge in [-0.15, -0.1) is 0 Å². The number of methoxy groups -OCH3 is 1. The molecule has 2 aromatic carbocycles. The van der Waals surface area contributed by atoms with E-state index >= 15 is 0 Å². The third-order valence-corrected chi connectivity index (χ3v) is 5.12. The number of imidazole rings is 1. The Labute approximate surface area is 149 Å². The van der Waals surface area contributed by atoms with Gasteiger partial charge in [-0.25, -0.2) is 4.98 Å². The maximum Gasteiger partial charge on any atom is 0.221 e. The van der Waals surface area contributed by atoms with Crippen molar-refractivity contribution < 1.29 is 9.53 Å². The number of allylic oxidation sites excluding steroid dienone is 1. The molecule has 3 rings (SSSR count). The highest BCUT2D eigenvalue weighted by Crippen LogP contribution is 2.27. The van der Waals surface area contributed by atoms with Crippen LogP contribution >= 0.6 is 31.9 Å². The minimum absolute atomic E-state index is 0.184. The molecule has 1 heterocycles. The Kier molecular flexibility index (Phi) is 4.63. The number of hydrogen-bond acceptors (Lipinski definition) is 3. The second-order valence-electron chi connectivity index (χ2n) is 4.84. The lowest BCUT2D eigenvalue weighted by Gasteiger charge is -1.99. The SMILES string of the molecule is COc1cccc(/C=C/C(=O)c2nc3cc(Br)c(Br)cc3[nH]2)c1. The quantitative estimate of drug-likeness (QED) is 0.463. The van der Waals surface area contributed by atoms with Gasteiger partial charge in [0.25, 0.3) is 0 Å². The molecular weight excluding hydrogens is 424 g/mol. The fourth-order valence-electron chi connectivity index (χ4n) is 2.12. The number of benzene rings is 2. The normalized spacial score (nSPS) is 11.3. The molecule has 0 aliphatic rings. The Balaban J connectivity index is 1.86. The van der Waals surface area contributed by atoms with Gasteiger partial charge in [-0.1, -0.05) is 18.2 Å². The zero-order chi connectivity index (χ0) is 16.4. The van der Waals surface area contributed by atoms with E-state index in [4.69, 9.17) is 4.74 Å². The number of carbonyl (C=O) groups is 1. The number of nitrogens with one attached hydrogen (secondary N) is 1. The molecule has 0 aliphatic carbocycles. The van der Waals surface area contributed by atoms with Gasteiger partial charge in [-0.05, 0) is 67.8 Å². The topological polar surface area (TPSA) is 55.0 Å². The maximum absolute atomic E-state index is 12.3. The summed E-state index contributed by atoms with van der Waals surface area (Å²) in [6.07, 6.45) is 3.24. The molecule has 0 fully saturated rings. The summed E-state index contributed by atoms with van der Waals surface area (Å²) in [5.41, 5.74) is 2.43. The summed E-state index contributed by atoms with van der Waals surface area (Å²) in [4.78, 5) is 19.6. The molecule has 0 atom stereocenters. The van der Waals surface area contributed by atoms with Gasteiger partial charge in [-0.2, -0.15) is 0 Å². The predicted octanol–water partition coefficient (Wildman–Crippen LogP) is 4.99. The number of halogens is 2. The van der Waals surface area contributed by atoms with Crippen molar-refractivity contribution in [3.8, 4) is 5.75 Å². The molecule has 1 N–H and O–H groups in total. The Morgan fingerprint density at radius 2 is 2.00 bits per heavy atom. The van der Waals surface area contributed by atoms with Crippen LogP contribution < -0.4 is 4.74 Å². The monoisotopic (exact) mass is 434 g/mol. The first kappa shape index (κ1) is 16.0. The number of hydrogen-bond donors (Lipinski definition) is 1. The molecule has 4 nitrogen and oxygen atoms in total. The van der Waals surface area contributed by atoms with Crippen molar-refractivity contribution in [1.82, 2.24) is 9.97 Å². The largest absolute Gasteiger partial charge is 0.497 e. The van der Waals surface area contributed by atoms with Crippen LogP contribution in [0.25, 0.3) is 17.1 Å². The number of ether oxygens (including phenoxy) is 1. The summed E-state index contributed by atoms with van der Waals surface area (Å²) in [5, 5.41) is 0. The third kappa shape index (κ3) is 3.54. The lowest BCUT2D eigenvalue weighted by molar-refractivity contribution is 0.103. The zero-order valence-corrected chi connectivity index (χ0v) is 15.3. The van der Waals surface area contributed by atoms with E-state index < -0.39 is 0 Å². The molecule has 0 bridgehead atoms. The number of aromatic amines is 1. The number of carbonyl (C=O) groups excluding carboxylic acids is 1. The van der Waals surface area contributed by atoms with E-state index in [2.05, 4.69) is 41.8 Å². The first-order chi connectivity index (χ1) is 11.1. The van der Waals surface area contributed by atoms with Gasteiger partial charge in [0, 0.05) is 8.95 Å². The molecule has 0 unspecified atom stereocenters. The predicted molar refractivity (Wildman–Crippen MR) is 97.9 cm³/mol. The van der Waals surface area contributed by atoms with Crippen LogP contribution in [0.1, 0.15) is 16.2 Å². The summed E-state index contributed by atoms with van der Waals surface area (Å²) >= 11 is 6.86. The molecule has 0 radical (unpaired) electrons. The highest BCUT2D eigenvalue weighted by atomic mass is 79.9. The first-order valence-electron chi connectivity index (χ1n) is 6.78. The molecule has 0 aliphatic heterocycles. The van der Waals surface area contributed by atoms with Gasteiger partial charge >= 0.3 is 0 Å². The van der Waals surface area contributed by atoms with Gasteiger partial charge in [0.15, 0.2) is 5.82 Å². The van der Waals surface area contributed by atoms with E-state index in [1.165, 1.54) is 6.08 Å². The molecule has 23 heavy (non-hydrogen) atoms. The Hall–Kier alpha value is -1.92. The summed E-state index contributed by atoms with van der Waals surface area (Å²) in [6, 6.07) is 11.2. The minimum Gasteiger partial charge on any atom is -0.497 e. The van der Waals surface area contributed by atoms with Gasteiger partial charge in [-0.3, -0.25) is 4.79 Å². The van der Waals surface area contributed by atoms with Crippen molar-refractivity contribution in [2.75, 3.05) is 7.11 Å². The number of ketones is 1. The Morgan fingerprint density at radius 3 is 2.78 bits per heavy atom.